The van der Waals surface area contributed by atoms with Crippen molar-refractivity contribution < 1.29 is 4.42 Å². The van der Waals surface area contributed by atoms with Crippen LogP contribution in [0.5, 0.6) is 0 Å². The van der Waals surface area contributed by atoms with Crippen molar-refractivity contribution in [3.8, 4) is 56.4 Å². The third-order valence-electron chi connectivity index (χ3n) is 7.74. The molecule has 202 valence electrons. The van der Waals surface area contributed by atoms with Crippen molar-refractivity contribution in [2.45, 2.75) is 0 Å². The number of fused-ring (bicyclic) bond motifs is 3. The van der Waals surface area contributed by atoms with Crippen LogP contribution in [-0.2, 0) is 0 Å². The summed E-state index contributed by atoms with van der Waals surface area (Å²) in [4.78, 5) is 15.1. The highest BCUT2D eigenvalue weighted by Crippen LogP contribution is 2.38. The molecule has 0 saturated heterocycles. The highest BCUT2D eigenvalue weighted by atomic mass is 16.3. The highest BCUT2D eigenvalue weighted by Gasteiger charge is 2.18. The van der Waals surface area contributed by atoms with E-state index in [2.05, 4.69) is 91.0 Å². The molecule has 0 aliphatic heterocycles. The Hall–Kier alpha value is -5.87. The molecule has 2 heterocycles. The fourth-order valence-electron chi connectivity index (χ4n) is 5.63. The Morgan fingerprint density at radius 3 is 1.58 bits per heavy atom. The van der Waals surface area contributed by atoms with Gasteiger partial charge in [-0.25, -0.2) is 15.0 Å². The molecule has 8 aromatic rings. The van der Waals surface area contributed by atoms with Crippen LogP contribution in [0.4, 0.5) is 0 Å². The lowest BCUT2D eigenvalue weighted by molar-refractivity contribution is 0.669. The van der Waals surface area contributed by atoms with Crippen LogP contribution in [-0.4, -0.2) is 15.0 Å². The number of aromatic nitrogens is 3. The number of benzene rings is 6. The summed E-state index contributed by atoms with van der Waals surface area (Å²) >= 11 is 0. The number of nitrogens with zero attached hydrogens (tertiary/aromatic N) is 3. The van der Waals surface area contributed by atoms with Crippen molar-refractivity contribution in [2.75, 3.05) is 0 Å². The first-order valence-electron chi connectivity index (χ1n) is 14.3. The van der Waals surface area contributed by atoms with Gasteiger partial charge < -0.3 is 4.42 Å². The Kier molecular flexibility index (Phi) is 6.08. The van der Waals surface area contributed by atoms with Gasteiger partial charge in [0, 0.05) is 27.5 Å². The molecular weight excluding hydrogens is 526 g/mol. The van der Waals surface area contributed by atoms with E-state index in [1.165, 1.54) is 0 Å². The van der Waals surface area contributed by atoms with Gasteiger partial charge in [0.25, 0.3) is 0 Å². The molecule has 43 heavy (non-hydrogen) atoms. The summed E-state index contributed by atoms with van der Waals surface area (Å²) < 4.78 is 6.33. The summed E-state index contributed by atoms with van der Waals surface area (Å²) in [6, 6.07) is 51.6. The lowest BCUT2D eigenvalue weighted by atomic mass is 10.0. The predicted octanol–water partition coefficient (Wildman–Crippen LogP) is 10.1. The highest BCUT2D eigenvalue weighted by molar-refractivity contribution is 6.12. The summed E-state index contributed by atoms with van der Waals surface area (Å²) in [5.41, 5.74) is 8.93. The first-order chi connectivity index (χ1) is 21.3. The van der Waals surface area contributed by atoms with Gasteiger partial charge in [-0.15, -0.1) is 0 Å². The number of hydrogen-bond donors (Lipinski definition) is 0. The maximum atomic E-state index is 6.33. The Morgan fingerprint density at radius 2 is 0.884 bits per heavy atom. The molecule has 0 bridgehead atoms. The van der Waals surface area contributed by atoms with Gasteiger partial charge in [0.1, 0.15) is 11.2 Å². The largest absolute Gasteiger partial charge is 0.456 e. The van der Waals surface area contributed by atoms with E-state index in [1.54, 1.807) is 0 Å². The number of furan rings is 1. The summed E-state index contributed by atoms with van der Waals surface area (Å²) in [6.07, 6.45) is 0. The van der Waals surface area contributed by atoms with Crippen LogP contribution in [0.3, 0.4) is 0 Å². The molecule has 0 fully saturated rings. The quantitative estimate of drug-likeness (QED) is 0.214. The lowest BCUT2D eigenvalue weighted by Crippen LogP contribution is -2.00. The molecule has 4 nitrogen and oxygen atoms in total. The average molecular weight is 552 g/mol. The molecular formula is C39H25N3O. The standard InChI is InChI=1S/C39H25N3O/c1-4-12-26(13-5-1)29-18-10-19-31(24-29)38-40-37(28-16-8-3-9-17-28)41-39(42-38)32-20-11-21-35-36(32)33-25-30(22-23-34(33)43-35)27-14-6-2-7-15-27/h1-25H. The van der Waals surface area contributed by atoms with E-state index < -0.39 is 0 Å². The van der Waals surface area contributed by atoms with Crippen LogP contribution < -0.4 is 0 Å². The van der Waals surface area contributed by atoms with Crippen LogP contribution in [0.25, 0.3) is 78.4 Å². The topological polar surface area (TPSA) is 51.8 Å². The molecule has 0 aliphatic carbocycles. The molecule has 0 unspecified atom stereocenters. The predicted molar refractivity (Wildman–Crippen MR) is 174 cm³/mol. The van der Waals surface area contributed by atoms with Crippen molar-refractivity contribution in [1.29, 1.82) is 0 Å². The van der Waals surface area contributed by atoms with Crippen molar-refractivity contribution in [3.63, 3.8) is 0 Å². The van der Waals surface area contributed by atoms with E-state index >= 15 is 0 Å². The Morgan fingerprint density at radius 1 is 0.349 bits per heavy atom. The summed E-state index contributed by atoms with van der Waals surface area (Å²) in [5, 5.41) is 2.02. The van der Waals surface area contributed by atoms with Gasteiger partial charge in [-0.1, -0.05) is 127 Å². The Bertz CT molecular complexity index is 2220. The third-order valence-corrected chi connectivity index (χ3v) is 7.74. The van der Waals surface area contributed by atoms with E-state index in [1.807, 2.05) is 60.7 Å². The van der Waals surface area contributed by atoms with Gasteiger partial charge >= 0.3 is 0 Å². The zero-order valence-electron chi connectivity index (χ0n) is 23.2. The van der Waals surface area contributed by atoms with Crippen LogP contribution in [0, 0.1) is 0 Å². The molecule has 0 N–H and O–H groups in total. The normalized spacial score (nSPS) is 11.3. The first-order valence-corrected chi connectivity index (χ1v) is 14.3. The van der Waals surface area contributed by atoms with Crippen molar-refractivity contribution in [1.82, 2.24) is 15.0 Å². The molecule has 0 atom stereocenters. The van der Waals surface area contributed by atoms with Crippen LogP contribution in [0.15, 0.2) is 156 Å². The summed E-state index contributed by atoms with van der Waals surface area (Å²) in [5.74, 6) is 1.85. The fraction of sp³-hybridized carbons (Fsp3) is 0. The maximum absolute atomic E-state index is 6.33. The zero-order chi connectivity index (χ0) is 28.6. The third kappa shape index (κ3) is 4.65. The van der Waals surface area contributed by atoms with Crippen LogP contribution >= 0.6 is 0 Å². The minimum absolute atomic E-state index is 0.604. The van der Waals surface area contributed by atoms with Crippen LogP contribution in [0.1, 0.15) is 0 Å². The van der Waals surface area contributed by atoms with Crippen molar-refractivity contribution >= 4 is 21.9 Å². The Labute approximate surface area is 249 Å². The van der Waals surface area contributed by atoms with Gasteiger partial charge in [0.05, 0.1) is 0 Å². The van der Waals surface area contributed by atoms with Crippen LogP contribution in [0.2, 0.25) is 0 Å². The number of rotatable bonds is 5. The molecule has 0 radical (unpaired) electrons. The second-order valence-electron chi connectivity index (χ2n) is 10.5. The molecule has 0 saturated carbocycles. The van der Waals surface area contributed by atoms with Gasteiger partial charge in [-0.2, -0.15) is 0 Å². The molecule has 8 rings (SSSR count). The monoisotopic (exact) mass is 551 g/mol. The maximum Gasteiger partial charge on any atom is 0.164 e. The second-order valence-corrected chi connectivity index (χ2v) is 10.5. The van der Waals surface area contributed by atoms with E-state index in [4.69, 9.17) is 19.4 Å². The molecule has 0 spiro atoms. The fourth-order valence-corrected chi connectivity index (χ4v) is 5.63. The van der Waals surface area contributed by atoms with Gasteiger partial charge in [0.15, 0.2) is 17.5 Å². The Balaban J connectivity index is 1.35. The van der Waals surface area contributed by atoms with E-state index in [0.29, 0.717) is 17.5 Å². The second kappa shape index (κ2) is 10.5. The SMILES string of the molecule is c1ccc(-c2cccc(-c3nc(-c4ccccc4)nc(-c4cccc5oc6ccc(-c7ccccc7)cc6c45)n3)c2)cc1. The smallest absolute Gasteiger partial charge is 0.164 e. The van der Waals surface area contributed by atoms with Crippen molar-refractivity contribution in [2.24, 2.45) is 0 Å². The molecule has 4 heteroatoms. The van der Waals surface area contributed by atoms with E-state index in [0.717, 1.165) is 60.9 Å². The lowest BCUT2D eigenvalue weighted by Gasteiger charge is -2.10. The van der Waals surface area contributed by atoms with E-state index in [-0.39, 0.29) is 0 Å². The van der Waals surface area contributed by atoms with E-state index in [9.17, 15) is 0 Å². The van der Waals surface area contributed by atoms with Gasteiger partial charge in [-0.05, 0) is 46.5 Å². The summed E-state index contributed by atoms with van der Waals surface area (Å²) in [7, 11) is 0. The first kappa shape index (κ1) is 24.9. The number of hydrogen-bond acceptors (Lipinski definition) is 4. The molecule has 6 aromatic carbocycles. The van der Waals surface area contributed by atoms with Gasteiger partial charge in [-0.3, -0.25) is 0 Å². The molecule has 2 aromatic heterocycles. The minimum atomic E-state index is 0.604. The van der Waals surface area contributed by atoms with Crippen molar-refractivity contribution in [3.05, 3.63) is 152 Å². The summed E-state index contributed by atoms with van der Waals surface area (Å²) in [6.45, 7) is 0. The molecule has 0 amide bonds. The minimum Gasteiger partial charge on any atom is -0.456 e. The average Bonchev–Trinajstić information content (AvgIpc) is 3.47. The van der Waals surface area contributed by atoms with Gasteiger partial charge in [0.2, 0.25) is 0 Å². The zero-order valence-corrected chi connectivity index (χ0v) is 23.2. The molecule has 0 aliphatic rings.